The highest BCUT2D eigenvalue weighted by molar-refractivity contribution is 6.01. The molecule has 2 fully saturated rings. The number of carbonyl (C=O) groups excluding carboxylic acids is 2. The summed E-state index contributed by atoms with van der Waals surface area (Å²) in [6.45, 7) is 4.20. The number of likely N-dealkylation sites (N-methyl/N-ethyl adjacent to an activating group) is 1. The van der Waals surface area contributed by atoms with Crippen LogP contribution in [0.5, 0.6) is 0 Å². The van der Waals surface area contributed by atoms with Gasteiger partial charge in [0.05, 0.1) is 5.60 Å². The van der Waals surface area contributed by atoms with Crippen LogP contribution in [0.3, 0.4) is 0 Å². The molecular formula is C20H26N2O3. The Balaban J connectivity index is 1.61. The molecule has 25 heavy (non-hydrogen) atoms. The van der Waals surface area contributed by atoms with E-state index in [0.717, 1.165) is 38.0 Å². The average molecular weight is 342 g/mol. The third-order valence-electron chi connectivity index (χ3n) is 5.36. The summed E-state index contributed by atoms with van der Waals surface area (Å²) < 4.78 is 6.02. The normalized spacial score (nSPS) is 21.7. The molecule has 1 heterocycles. The van der Waals surface area contributed by atoms with Crippen molar-refractivity contribution in [1.82, 2.24) is 5.32 Å². The molecule has 1 saturated carbocycles. The van der Waals surface area contributed by atoms with Crippen LogP contribution in [0.1, 0.15) is 48.9 Å². The van der Waals surface area contributed by atoms with Gasteiger partial charge in [-0.1, -0.05) is 19.4 Å². The number of rotatable bonds is 4. The van der Waals surface area contributed by atoms with Gasteiger partial charge in [0.15, 0.2) is 0 Å². The first-order valence-electron chi connectivity index (χ1n) is 8.98. The molecular weight excluding hydrogens is 316 g/mol. The van der Waals surface area contributed by atoms with E-state index in [1.165, 1.54) is 23.8 Å². The first-order valence-corrected chi connectivity index (χ1v) is 8.98. The molecule has 5 nitrogen and oxygen atoms in total. The molecule has 0 aromatic heterocycles. The number of nitrogens with one attached hydrogen (secondary N) is 1. The van der Waals surface area contributed by atoms with E-state index < -0.39 is 0 Å². The number of ether oxygens (including phenoxy) is 1. The monoisotopic (exact) mass is 342 g/mol. The molecule has 1 aliphatic carbocycles. The summed E-state index contributed by atoms with van der Waals surface area (Å²) in [5, 5.41) is 3.15. The van der Waals surface area contributed by atoms with Crippen molar-refractivity contribution < 1.29 is 14.3 Å². The molecule has 0 radical (unpaired) electrons. The maximum absolute atomic E-state index is 12.5. The van der Waals surface area contributed by atoms with Gasteiger partial charge < -0.3 is 15.0 Å². The molecule has 0 bridgehead atoms. The molecule has 1 spiro atoms. The lowest BCUT2D eigenvalue weighted by Gasteiger charge is -2.38. The summed E-state index contributed by atoms with van der Waals surface area (Å²) in [5.74, 6) is -0.245. The van der Waals surface area contributed by atoms with Gasteiger partial charge in [-0.2, -0.15) is 0 Å². The molecule has 1 aromatic rings. The van der Waals surface area contributed by atoms with Crippen LogP contribution in [0, 0.1) is 0 Å². The van der Waals surface area contributed by atoms with Crippen LogP contribution in [-0.4, -0.2) is 37.1 Å². The standard InChI is InChI=1S/C20H26N2O3/c1-3-18(23)22(2)17-8-6-15(7-9-17)19(24)21-16-10-13-25-20(14-16)11-4-5-12-20/h3,6-9,16H,1,4-5,10-14H2,2H3,(H,21,24). The fourth-order valence-electron chi connectivity index (χ4n) is 3.89. The minimum atomic E-state index is -0.179. The van der Waals surface area contributed by atoms with Crippen LogP contribution >= 0.6 is 0 Å². The lowest BCUT2D eigenvalue weighted by atomic mass is 9.89. The van der Waals surface area contributed by atoms with Crippen LogP contribution in [0.25, 0.3) is 0 Å². The third kappa shape index (κ3) is 3.93. The lowest BCUT2D eigenvalue weighted by molar-refractivity contribution is -0.113. The van der Waals surface area contributed by atoms with E-state index in [1.54, 1.807) is 31.3 Å². The zero-order chi connectivity index (χ0) is 17.9. The average Bonchev–Trinajstić information content (AvgIpc) is 3.08. The Kier molecular flexibility index (Phi) is 5.23. The summed E-state index contributed by atoms with van der Waals surface area (Å²) in [5.41, 5.74) is 1.33. The highest BCUT2D eigenvalue weighted by atomic mass is 16.5. The van der Waals surface area contributed by atoms with Crippen LogP contribution in [0.2, 0.25) is 0 Å². The van der Waals surface area contributed by atoms with Crippen molar-refractivity contribution in [3.63, 3.8) is 0 Å². The zero-order valence-corrected chi connectivity index (χ0v) is 14.8. The Bertz CT molecular complexity index is 647. The molecule has 3 rings (SSSR count). The van der Waals surface area contributed by atoms with Gasteiger partial charge in [0.25, 0.3) is 5.91 Å². The summed E-state index contributed by atoms with van der Waals surface area (Å²) >= 11 is 0. The molecule has 2 amide bonds. The number of amides is 2. The fraction of sp³-hybridized carbons (Fsp3) is 0.500. The molecule has 134 valence electrons. The van der Waals surface area contributed by atoms with Crippen molar-refractivity contribution in [1.29, 1.82) is 0 Å². The Labute approximate surface area is 149 Å². The Hall–Kier alpha value is -2.14. The van der Waals surface area contributed by atoms with Crippen molar-refractivity contribution in [3.8, 4) is 0 Å². The number of carbonyl (C=O) groups is 2. The predicted molar refractivity (Wildman–Crippen MR) is 97.7 cm³/mol. The molecule has 5 heteroatoms. The van der Waals surface area contributed by atoms with Gasteiger partial charge in [0, 0.05) is 30.9 Å². The van der Waals surface area contributed by atoms with Crippen molar-refractivity contribution in [3.05, 3.63) is 42.5 Å². The molecule has 1 aliphatic heterocycles. The summed E-state index contributed by atoms with van der Waals surface area (Å²) in [4.78, 5) is 25.7. The maximum Gasteiger partial charge on any atom is 0.251 e. The second-order valence-electron chi connectivity index (χ2n) is 7.05. The minimum absolute atomic E-state index is 0.00614. The largest absolute Gasteiger partial charge is 0.375 e. The molecule has 1 N–H and O–H groups in total. The first-order chi connectivity index (χ1) is 12.0. The second kappa shape index (κ2) is 7.40. The zero-order valence-electron chi connectivity index (χ0n) is 14.8. The molecule has 2 aliphatic rings. The number of hydrogen-bond acceptors (Lipinski definition) is 3. The number of nitrogens with zero attached hydrogens (tertiary/aromatic N) is 1. The number of benzene rings is 1. The first kappa shape index (κ1) is 17.7. The number of hydrogen-bond donors (Lipinski definition) is 1. The number of anilines is 1. The molecule has 1 aromatic carbocycles. The molecule has 1 unspecified atom stereocenters. The Morgan fingerprint density at radius 1 is 1.28 bits per heavy atom. The van der Waals surface area contributed by atoms with Crippen molar-refractivity contribution >= 4 is 17.5 Å². The van der Waals surface area contributed by atoms with Gasteiger partial charge in [0.2, 0.25) is 5.91 Å². The van der Waals surface area contributed by atoms with E-state index in [2.05, 4.69) is 11.9 Å². The maximum atomic E-state index is 12.5. The van der Waals surface area contributed by atoms with E-state index in [9.17, 15) is 9.59 Å². The van der Waals surface area contributed by atoms with E-state index >= 15 is 0 Å². The van der Waals surface area contributed by atoms with Gasteiger partial charge in [-0.15, -0.1) is 0 Å². The van der Waals surface area contributed by atoms with E-state index in [0.29, 0.717) is 5.56 Å². The van der Waals surface area contributed by atoms with E-state index in [4.69, 9.17) is 4.74 Å². The van der Waals surface area contributed by atoms with Gasteiger partial charge in [-0.25, -0.2) is 0 Å². The quantitative estimate of drug-likeness (QED) is 0.856. The van der Waals surface area contributed by atoms with E-state index in [-0.39, 0.29) is 23.5 Å². The van der Waals surface area contributed by atoms with Crippen LogP contribution in [-0.2, 0) is 9.53 Å². The SMILES string of the molecule is C=CC(=O)N(C)c1ccc(C(=O)NC2CCOC3(CCCC3)C2)cc1. The molecule has 1 atom stereocenters. The highest BCUT2D eigenvalue weighted by Gasteiger charge is 2.40. The second-order valence-corrected chi connectivity index (χ2v) is 7.05. The van der Waals surface area contributed by atoms with Gasteiger partial charge >= 0.3 is 0 Å². The van der Waals surface area contributed by atoms with Crippen molar-refractivity contribution in [2.45, 2.75) is 50.2 Å². The lowest BCUT2D eigenvalue weighted by Crippen LogP contribution is -2.47. The Morgan fingerprint density at radius 2 is 1.96 bits per heavy atom. The fourth-order valence-corrected chi connectivity index (χ4v) is 3.89. The summed E-state index contributed by atoms with van der Waals surface area (Å²) in [6.07, 6.45) is 7.70. The van der Waals surface area contributed by atoms with Gasteiger partial charge in [-0.3, -0.25) is 9.59 Å². The van der Waals surface area contributed by atoms with Gasteiger partial charge in [0.1, 0.15) is 0 Å². The van der Waals surface area contributed by atoms with Crippen LogP contribution < -0.4 is 10.2 Å². The van der Waals surface area contributed by atoms with Gasteiger partial charge in [-0.05, 0) is 56.0 Å². The predicted octanol–water partition coefficient (Wildman–Crippen LogP) is 3.06. The third-order valence-corrected chi connectivity index (χ3v) is 5.36. The smallest absolute Gasteiger partial charge is 0.251 e. The summed E-state index contributed by atoms with van der Waals surface area (Å²) in [7, 11) is 1.68. The topological polar surface area (TPSA) is 58.6 Å². The summed E-state index contributed by atoms with van der Waals surface area (Å²) in [6, 6.07) is 7.23. The van der Waals surface area contributed by atoms with Crippen LogP contribution in [0.15, 0.2) is 36.9 Å². The minimum Gasteiger partial charge on any atom is -0.375 e. The molecule has 1 saturated heterocycles. The van der Waals surface area contributed by atoms with Crippen LogP contribution in [0.4, 0.5) is 5.69 Å². The van der Waals surface area contributed by atoms with Crippen molar-refractivity contribution in [2.24, 2.45) is 0 Å². The Morgan fingerprint density at radius 3 is 2.60 bits per heavy atom. The highest BCUT2D eigenvalue weighted by Crippen LogP contribution is 2.40. The van der Waals surface area contributed by atoms with E-state index in [1.807, 2.05) is 0 Å². The van der Waals surface area contributed by atoms with Crippen molar-refractivity contribution in [2.75, 3.05) is 18.6 Å².